The van der Waals surface area contributed by atoms with Gasteiger partial charge in [-0.05, 0) is 66.5 Å². The first-order valence-electron chi connectivity index (χ1n) is 11.7. The van der Waals surface area contributed by atoms with Crippen LogP contribution in [-0.2, 0) is 26.2 Å². The van der Waals surface area contributed by atoms with Crippen LogP contribution in [0.4, 0.5) is 15.8 Å². The third-order valence-corrected chi connectivity index (χ3v) is 9.13. The third kappa shape index (κ3) is 3.48. The van der Waals surface area contributed by atoms with Crippen molar-refractivity contribution in [2.24, 2.45) is 33.2 Å². The maximum atomic E-state index is 13.8. The second kappa shape index (κ2) is 8.14. The highest BCUT2D eigenvalue weighted by Crippen LogP contribution is 2.54. The van der Waals surface area contributed by atoms with E-state index in [0.717, 1.165) is 24.8 Å². The summed E-state index contributed by atoms with van der Waals surface area (Å²) in [6.07, 6.45) is 2.68. The molecule has 4 aliphatic rings. The van der Waals surface area contributed by atoms with Gasteiger partial charge in [0.2, 0.25) is 5.91 Å². The lowest BCUT2D eigenvalue weighted by Gasteiger charge is -2.45. The predicted octanol–water partition coefficient (Wildman–Crippen LogP) is 3.92. The van der Waals surface area contributed by atoms with Crippen LogP contribution in [0.5, 0.6) is 0 Å². The molecule has 1 N–H and O–H groups in total. The number of halogens is 1. The highest BCUT2D eigenvalue weighted by atomic mass is 32.2. The first-order chi connectivity index (χ1) is 17.3. The van der Waals surface area contributed by atoms with E-state index in [-0.39, 0.29) is 58.1 Å². The number of fused-ring (bicyclic) bond motifs is 6. The second-order valence-corrected chi connectivity index (χ2v) is 11.3. The number of rotatable bonds is 4. The molecule has 2 saturated carbocycles. The Morgan fingerprint density at radius 2 is 1.89 bits per heavy atom. The van der Waals surface area contributed by atoms with Gasteiger partial charge in [-0.1, -0.05) is 23.3 Å². The summed E-state index contributed by atoms with van der Waals surface area (Å²) in [4.78, 5) is 31.7. The molecule has 2 heterocycles. The highest BCUT2D eigenvalue weighted by molar-refractivity contribution is 7.90. The molecule has 184 valence electrons. The minimum Gasteiger partial charge on any atom is -0.341 e. The van der Waals surface area contributed by atoms with Crippen LogP contribution in [0.3, 0.4) is 0 Å². The number of amides is 1. The van der Waals surface area contributed by atoms with E-state index in [0.29, 0.717) is 0 Å². The van der Waals surface area contributed by atoms with Gasteiger partial charge in [-0.2, -0.15) is 8.42 Å². The zero-order valence-electron chi connectivity index (χ0n) is 18.9. The van der Waals surface area contributed by atoms with Gasteiger partial charge in [-0.3, -0.25) is 9.59 Å². The van der Waals surface area contributed by atoms with Crippen molar-refractivity contribution in [2.75, 3.05) is 5.32 Å². The van der Waals surface area contributed by atoms with Gasteiger partial charge in [-0.25, -0.2) is 4.39 Å². The minimum absolute atomic E-state index is 0.0976. The summed E-state index contributed by atoms with van der Waals surface area (Å²) in [6.45, 7) is 0.194. The van der Waals surface area contributed by atoms with Crippen LogP contribution in [0.2, 0.25) is 0 Å². The van der Waals surface area contributed by atoms with Gasteiger partial charge in [0, 0.05) is 29.1 Å². The molecule has 3 fully saturated rings. The Hall–Kier alpha value is -3.76. The van der Waals surface area contributed by atoms with E-state index in [9.17, 15) is 22.4 Å². The second-order valence-electron chi connectivity index (χ2n) is 9.72. The quantitative estimate of drug-likeness (QED) is 0.288. The van der Waals surface area contributed by atoms with E-state index in [1.54, 1.807) is 17.0 Å². The van der Waals surface area contributed by atoms with Crippen molar-refractivity contribution < 1.29 is 22.4 Å². The first kappa shape index (κ1) is 22.7. The summed E-state index contributed by atoms with van der Waals surface area (Å²) in [5.74, 6) is -2.85. The van der Waals surface area contributed by atoms with Crippen molar-refractivity contribution in [3.05, 3.63) is 64.3 Å². The number of nitrogens with zero attached hydrogens (tertiary/aromatic N) is 5. The number of Topliss-reactive ketones (excluding diaryl/α,β-unsaturated/α-hetero) is 1. The largest absolute Gasteiger partial charge is 0.341 e. The van der Waals surface area contributed by atoms with Crippen LogP contribution < -0.4 is 5.32 Å². The normalized spacial score (nSPS) is 29.6. The number of sulfonamides is 1. The lowest BCUT2D eigenvalue weighted by atomic mass is 9.73. The van der Waals surface area contributed by atoms with Crippen LogP contribution in [0.25, 0.3) is 10.4 Å². The van der Waals surface area contributed by atoms with E-state index in [2.05, 4.69) is 19.7 Å². The van der Waals surface area contributed by atoms with Crippen molar-refractivity contribution in [1.29, 1.82) is 0 Å². The lowest BCUT2D eigenvalue weighted by Crippen LogP contribution is -2.61. The van der Waals surface area contributed by atoms with Gasteiger partial charge in [0.1, 0.15) is 16.5 Å². The monoisotopic (exact) mass is 508 g/mol. The maximum Gasteiger partial charge on any atom is 0.286 e. The van der Waals surface area contributed by atoms with Crippen molar-refractivity contribution in [2.45, 2.75) is 36.7 Å². The van der Waals surface area contributed by atoms with Gasteiger partial charge >= 0.3 is 0 Å². The van der Waals surface area contributed by atoms with Crippen LogP contribution in [-0.4, -0.2) is 36.9 Å². The molecule has 0 aromatic heterocycles. The summed E-state index contributed by atoms with van der Waals surface area (Å²) in [7, 11) is -4.26. The van der Waals surface area contributed by atoms with Crippen LogP contribution in [0.1, 0.15) is 24.8 Å². The molecule has 0 radical (unpaired) electrons. The Morgan fingerprint density at radius 3 is 2.64 bits per heavy atom. The number of carbonyl (C=O) groups is 2. The Kier molecular flexibility index (Phi) is 5.13. The molecule has 5 atom stereocenters. The summed E-state index contributed by atoms with van der Waals surface area (Å²) in [5.41, 5.74) is 9.63. The van der Waals surface area contributed by atoms with Crippen LogP contribution in [0, 0.1) is 29.5 Å². The molecule has 1 unspecified atom stereocenters. The molecular formula is C24H21FN6O4S. The van der Waals surface area contributed by atoms with E-state index in [1.807, 2.05) is 0 Å². The summed E-state index contributed by atoms with van der Waals surface area (Å²) < 4.78 is 43.3. The molecule has 2 aliphatic heterocycles. The van der Waals surface area contributed by atoms with E-state index >= 15 is 0 Å². The number of amidine groups is 1. The number of carbonyl (C=O) groups excluding carboxylic acids is 2. The molecule has 2 aliphatic carbocycles. The molecule has 12 heteroatoms. The van der Waals surface area contributed by atoms with Gasteiger partial charge in [0.25, 0.3) is 10.0 Å². The number of azide groups is 1. The van der Waals surface area contributed by atoms with Crippen LogP contribution in [0.15, 0.2) is 56.9 Å². The highest BCUT2D eigenvalue weighted by Gasteiger charge is 2.60. The maximum absolute atomic E-state index is 13.8. The zero-order valence-corrected chi connectivity index (χ0v) is 19.7. The number of anilines is 1. The lowest BCUT2D eigenvalue weighted by molar-refractivity contribution is -0.153. The molecule has 36 heavy (non-hydrogen) atoms. The van der Waals surface area contributed by atoms with Crippen molar-refractivity contribution >= 4 is 38.9 Å². The first-order valence-corrected chi connectivity index (χ1v) is 13.1. The molecule has 0 spiro atoms. The fraction of sp³-hybridized carbons (Fsp3) is 0.375. The number of hydrogen-bond acceptors (Lipinski definition) is 6. The smallest absolute Gasteiger partial charge is 0.286 e. The zero-order chi connectivity index (χ0) is 25.2. The Bertz CT molecular complexity index is 1480. The van der Waals surface area contributed by atoms with E-state index in [1.165, 1.54) is 30.3 Å². The molecule has 10 nitrogen and oxygen atoms in total. The van der Waals surface area contributed by atoms with Gasteiger partial charge in [-0.15, -0.1) is 4.40 Å². The van der Waals surface area contributed by atoms with Gasteiger partial charge < -0.3 is 10.2 Å². The number of nitrogens with one attached hydrogen (secondary N) is 1. The summed E-state index contributed by atoms with van der Waals surface area (Å²) in [5, 5.41) is 6.31. The van der Waals surface area contributed by atoms with E-state index in [4.69, 9.17) is 5.53 Å². The summed E-state index contributed by atoms with van der Waals surface area (Å²) >= 11 is 0. The van der Waals surface area contributed by atoms with Crippen molar-refractivity contribution in [3.63, 3.8) is 0 Å². The molecule has 6 rings (SSSR count). The van der Waals surface area contributed by atoms with Crippen LogP contribution >= 0.6 is 0 Å². The molecule has 2 aromatic carbocycles. The van der Waals surface area contributed by atoms with Gasteiger partial charge in [0.15, 0.2) is 11.7 Å². The molecule has 1 saturated heterocycles. The van der Waals surface area contributed by atoms with Gasteiger partial charge in [0.05, 0.1) is 5.69 Å². The summed E-state index contributed by atoms with van der Waals surface area (Å²) in [6, 6.07) is 9.64. The average Bonchev–Trinajstić information content (AvgIpc) is 3.46. The molecular weight excluding hydrogens is 487 g/mol. The fourth-order valence-electron chi connectivity index (χ4n) is 6.36. The Labute approximate surface area is 205 Å². The SMILES string of the molecule is [N-]=[N+]=Nc1ccc2c(c1)S(=O)(=O)N=C(C1C(=O)[C@@H]3[C@H]4CC[C@H](C4)[C@@H]3N(Cc3ccc(F)cc3)C1=O)N2. The number of likely N-dealkylation sites (tertiary alicyclic amines) is 1. The third-order valence-electron chi connectivity index (χ3n) is 7.80. The fourth-order valence-corrected chi connectivity index (χ4v) is 7.54. The number of ketones is 1. The average molecular weight is 509 g/mol. The Balaban J connectivity index is 1.40. The number of hydrogen-bond donors (Lipinski definition) is 1. The minimum atomic E-state index is -4.26. The van der Waals surface area contributed by atoms with Crippen molar-refractivity contribution in [1.82, 2.24) is 4.90 Å². The number of benzene rings is 2. The Morgan fingerprint density at radius 1 is 1.14 bits per heavy atom. The number of piperidine rings is 1. The predicted molar refractivity (Wildman–Crippen MR) is 127 cm³/mol. The van der Waals surface area contributed by atoms with Crippen molar-refractivity contribution in [3.8, 4) is 0 Å². The van der Waals surface area contributed by atoms with E-state index < -0.39 is 27.8 Å². The molecule has 2 aromatic rings. The topological polar surface area (TPSA) is 145 Å². The molecule has 2 bridgehead atoms. The molecule has 1 amide bonds. The standard InChI is InChI=1S/C24H21FN6O4S/c25-15-5-1-12(2-6-15)11-31-21-14-4-3-13(9-14)19(21)22(32)20(24(31)33)23-27-17-8-7-16(28-30-26)10-18(17)36(34,35)29-23/h1-2,5-8,10,13-14,19-21H,3-4,9,11H2,(H,27,29)/t13-,14+,19+,20?,21-/m0/s1.